The monoisotopic (exact) mass is 392 g/mol. The number of aromatic nitrogens is 6. The number of aryl methyl sites for hydroxylation is 1. The highest BCUT2D eigenvalue weighted by Crippen LogP contribution is 2.31. The van der Waals surface area contributed by atoms with Gasteiger partial charge in [-0.2, -0.15) is 10.2 Å². The van der Waals surface area contributed by atoms with E-state index in [1.54, 1.807) is 41.9 Å². The molecule has 0 saturated carbocycles. The minimum atomic E-state index is -0.177. The number of thiazole rings is 1. The molecule has 9 heteroatoms. The second kappa shape index (κ2) is 6.31. The molecule has 0 bridgehead atoms. The summed E-state index contributed by atoms with van der Waals surface area (Å²) < 4.78 is 4.20. The van der Waals surface area contributed by atoms with Gasteiger partial charge in [-0.1, -0.05) is 12.1 Å². The Morgan fingerprint density at radius 1 is 1.29 bits per heavy atom. The molecule has 1 aromatic carbocycles. The van der Waals surface area contributed by atoms with Crippen LogP contribution in [0, 0.1) is 0 Å². The Hall–Kier alpha value is -3.46. The number of phenols is 1. The molecule has 4 aromatic heterocycles. The van der Waals surface area contributed by atoms with E-state index in [4.69, 9.17) is 4.98 Å². The van der Waals surface area contributed by atoms with Crippen LogP contribution in [0.1, 0.15) is 16.3 Å². The highest BCUT2D eigenvalue weighted by atomic mass is 32.1. The van der Waals surface area contributed by atoms with E-state index in [-0.39, 0.29) is 11.3 Å². The van der Waals surface area contributed by atoms with Crippen molar-refractivity contribution in [1.29, 1.82) is 0 Å². The molecule has 0 radical (unpaired) electrons. The lowest BCUT2D eigenvalue weighted by molar-refractivity contribution is 0.474. The summed E-state index contributed by atoms with van der Waals surface area (Å²) in [6.07, 6.45) is 4.11. The van der Waals surface area contributed by atoms with E-state index in [9.17, 15) is 9.90 Å². The summed E-state index contributed by atoms with van der Waals surface area (Å²) in [6.45, 7) is 0.292. The zero-order valence-electron chi connectivity index (χ0n) is 15.0. The van der Waals surface area contributed by atoms with Gasteiger partial charge in [0.15, 0.2) is 5.65 Å². The number of aromatic hydroxyl groups is 1. The van der Waals surface area contributed by atoms with Crippen molar-refractivity contribution >= 4 is 32.6 Å². The Morgan fingerprint density at radius 2 is 2.18 bits per heavy atom. The molecule has 0 fully saturated rings. The zero-order valence-corrected chi connectivity index (χ0v) is 15.8. The largest absolute Gasteiger partial charge is 0.508 e. The van der Waals surface area contributed by atoms with Crippen molar-refractivity contribution in [3.05, 3.63) is 69.3 Å². The van der Waals surface area contributed by atoms with Gasteiger partial charge in [-0.3, -0.25) is 9.89 Å². The molecule has 5 rings (SSSR count). The second-order valence-corrected chi connectivity index (χ2v) is 7.70. The fourth-order valence-corrected chi connectivity index (χ4v) is 4.52. The van der Waals surface area contributed by atoms with Crippen LogP contribution >= 0.6 is 11.3 Å². The zero-order chi connectivity index (χ0) is 19.3. The van der Waals surface area contributed by atoms with Crippen molar-refractivity contribution < 1.29 is 5.11 Å². The number of nitrogens with one attached hydrogen (secondary N) is 1. The Morgan fingerprint density at radius 3 is 2.96 bits per heavy atom. The predicted octanol–water partition coefficient (Wildman–Crippen LogP) is 2.41. The van der Waals surface area contributed by atoms with Crippen LogP contribution in [0.4, 0.5) is 0 Å². The van der Waals surface area contributed by atoms with Crippen molar-refractivity contribution in [1.82, 2.24) is 29.5 Å². The van der Waals surface area contributed by atoms with E-state index in [0.29, 0.717) is 18.5 Å². The lowest BCUT2D eigenvalue weighted by Crippen LogP contribution is -2.24. The van der Waals surface area contributed by atoms with E-state index in [1.807, 2.05) is 23.7 Å². The van der Waals surface area contributed by atoms with Gasteiger partial charge in [0.1, 0.15) is 16.3 Å². The maximum absolute atomic E-state index is 13.0. The molecule has 0 spiro atoms. The molecule has 28 heavy (non-hydrogen) atoms. The quantitative estimate of drug-likeness (QED) is 0.489. The average Bonchev–Trinajstić information content (AvgIpc) is 3.37. The Labute approximate surface area is 162 Å². The number of fused-ring (bicyclic) bond motifs is 3. The first-order valence-corrected chi connectivity index (χ1v) is 9.52. The average molecular weight is 392 g/mol. The summed E-state index contributed by atoms with van der Waals surface area (Å²) in [5.41, 5.74) is 2.99. The van der Waals surface area contributed by atoms with Crippen molar-refractivity contribution in [2.75, 3.05) is 0 Å². The van der Waals surface area contributed by atoms with E-state index >= 15 is 0 Å². The second-order valence-electron chi connectivity index (χ2n) is 6.62. The van der Waals surface area contributed by atoms with Gasteiger partial charge in [0.25, 0.3) is 5.56 Å². The summed E-state index contributed by atoms with van der Waals surface area (Å²) in [6, 6.07) is 8.75. The molecule has 5 aromatic rings. The summed E-state index contributed by atoms with van der Waals surface area (Å²) in [7, 11) is 1.85. The van der Waals surface area contributed by atoms with Crippen LogP contribution in [-0.4, -0.2) is 34.6 Å². The Bertz CT molecular complexity index is 1360. The van der Waals surface area contributed by atoms with Crippen LogP contribution in [0.3, 0.4) is 0 Å². The van der Waals surface area contributed by atoms with Crippen LogP contribution in [0.25, 0.3) is 21.3 Å². The number of rotatable bonds is 4. The van der Waals surface area contributed by atoms with Gasteiger partial charge in [-0.25, -0.2) is 9.67 Å². The van der Waals surface area contributed by atoms with Crippen molar-refractivity contribution in [2.24, 2.45) is 7.05 Å². The van der Waals surface area contributed by atoms with E-state index in [0.717, 1.165) is 32.0 Å². The molecular formula is C19H16N6O2S. The Kier molecular flexibility index (Phi) is 3.76. The summed E-state index contributed by atoms with van der Waals surface area (Å²) in [5.74, 6) is 0.167. The number of hydrogen-bond acceptors (Lipinski definition) is 6. The molecule has 0 amide bonds. The molecule has 0 aliphatic heterocycles. The maximum Gasteiger partial charge on any atom is 0.291 e. The van der Waals surface area contributed by atoms with Crippen molar-refractivity contribution in [2.45, 2.75) is 13.0 Å². The fraction of sp³-hybridized carbons (Fsp3) is 0.158. The van der Waals surface area contributed by atoms with Gasteiger partial charge in [0.05, 0.1) is 17.4 Å². The first-order chi connectivity index (χ1) is 13.6. The maximum atomic E-state index is 13.0. The van der Waals surface area contributed by atoms with E-state index in [2.05, 4.69) is 15.3 Å². The fourth-order valence-electron chi connectivity index (χ4n) is 3.39. The molecule has 2 N–H and O–H groups in total. The summed E-state index contributed by atoms with van der Waals surface area (Å²) >= 11 is 1.57. The van der Waals surface area contributed by atoms with Crippen LogP contribution in [0.2, 0.25) is 0 Å². The number of hydrogen-bond donors (Lipinski definition) is 2. The molecule has 4 heterocycles. The molecule has 0 aliphatic carbocycles. The highest BCUT2D eigenvalue weighted by molar-refractivity contribution is 7.19. The third-order valence-corrected chi connectivity index (χ3v) is 5.79. The predicted molar refractivity (Wildman–Crippen MR) is 107 cm³/mol. The molecule has 0 aliphatic rings. The van der Waals surface area contributed by atoms with Gasteiger partial charge in [0.2, 0.25) is 0 Å². The van der Waals surface area contributed by atoms with E-state index in [1.165, 1.54) is 4.68 Å². The van der Waals surface area contributed by atoms with Crippen LogP contribution in [0.5, 0.6) is 5.75 Å². The SMILES string of the molecule is Cn1c2nc(Cc3ccn[nH]3)sc2c2cnn(Cc3cccc(O)c3)c(=O)c21. The molecular weight excluding hydrogens is 376 g/mol. The van der Waals surface area contributed by atoms with Gasteiger partial charge in [-0.15, -0.1) is 11.3 Å². The van der Waals surface area contributed by atoms with Crippen molar-refractivity contribution in [3.8, 4) is 5.75 Å². The van der Waals surface area contributed by atoms with Gasteiger partial charge < -0.3 is 9.67 Å². The minimum Gasteiger partial charge on any atom is -0.508 e. The summed E-state index contributed by atoms with van der Waals surface area (Å²) in [5, 5.41) is 22.7. The van der Waals surface area contributed by atoms with Gasteiger partial charge >= 0.3 is 0 Å². The van der Waals surface area contributed by atoms with Gasteiger partial charge in [-0.05, 0) is 23.8 Å². The van der Waals surface area contributed by atoms with E-state index < -0.39 is 0 Å². The molecule has 0 unspecified atom stereocenters. The third kappa shape index (κ3) is 2.67. The first kappa shape index (κ1) is 16.7. The first-order valence-electron chi connectivity index (χ1n) is 8.70. The lowest BCUT2D eigenvalue weighted by atomic mass is 10.2. The molecule has 8 nitrogen and oxygen atoms in total. The van der Waals surface area contributed by atoms with Gasteiger partial charge in [0, 0.05) is 30.7 Å². The number of H-pyrrole nitrogens is 1. The molecule has 140 valence electrons. The van der Waals surface area contributed by atoms with Crippen molar-refractivity contribution in [3.63, 3.8) is 0 Å². The topological polar surface area (TPSA) is 102 Å². The molecule has 0 saturated heterocycles. The van der Waals surface area contributed by atoms with Crippen LogP contribution < -0.4 is 5.56 Å². The third-order valence-electron chi connectivity index (χ3n) is 4.71. The Balaban J connectivity index is 1.59. The number of aromatic amines is 1. The summed E-state index contributed by atoms with van der Waals surface area (Å²) in [4.78, 5) is 17.7. The number of benzene rings is 1. The highest BCUT2D eigenvalue weighted by Gasteiger charge is 2.18. The number of nitrogens with zero attached hydrogens (tertiary/aromatic N) is 5. The number of phenolic OH excluding ortho intramolecular Hbond substituents is 1. The standard InChI is InChI=1S/C19H16N6O2S/c1-24-16-14(17-18(24)22-15(28-17)8-12-5-6-20-23-12)9-21-25(19(16)27)10-11-3-2-4-13(26)7-11/h2-7,9,26H,8,10H2,1H3,(H,20,23). The molecule has 0 atom stereocenters. The normalized spacial score (nSPS) is 11.6. The lowest BCUT2D eigenvalue weighted by Gasteiger charge is -2.06. The van der Waals surface area contributed by atoms with Crippen LogP contribution in [0.15, 0.2) is 47.5 Å². The smallest absolute Gasteiger partial charge is 0.291 e. The van der Waals surface area contributed by atoms with Crippen LogP contribution in [-0.2, 0) is 20.0 Å². The minimum absolute atomic E-state index is 0.167.